The Bertz CT molecular complexity index is 276. The van der Waals surface area contributed by atoms with Gasteiger partial charge in [0.1, 0.15) is 0 Å². The van der Waals surface area contributed by atoms with E-state index >= 15 is 0 Å². The van der Waals surface area contributed by atoms with Gasteiger partial charge in [-0.2, -0.15) is 11.1 Å². The minimum atomic E-state index is 0. The fraction of sp³-hybridized carbons (Fsp3) is 0.667. The van der Waals surface area contributed by atoms with Crippen LogP contribution < -0.4 is 0 Å². The van der Waals surface area contributed by atoms with Crippen LogP contribution in [-0.4, -0.2) is 25.5 Å². The Hall–Kier alpha value is 0.154. The smallest absolute Gasteiger partial charge is 0 e. The topological polar surface area (TPSA) is 3.24 Å². The minimum absolute atomic E-state index is 0. The number of hydrogen-bond acceptors (Lipinski definition) is 1. The molecular formula is C12H20NTi-. The van der Waals surface area contributed by atoms with E-state index in [2.05, 4.69) is 52.8 Å². The Balaban J connectivity index is 0.00000169. The zero-order valence-electron chi connectivity index (χ0n) is 10.2. The summed E-state index contributed by atoms with van der Waals surface area (Å²) in [6.45, 7) is 9.89. The van der Waals surface area contributed by atoms with Crippen molar-refractivity contribution >= 4 is 0 Å². The molecule has 1 rings (SSSR count). The average Bonchev–Trinajstić information content (AvgIpc) is 2.14. The van der Waals surface area contributed by atoms with Crippen LogP contribution in [0.1, 0.15) is 27.7 Å². The third kappa shape index (κ3) is 2.59. The van der Waals surface area contributed by atoms with Crippen LogP contribution in [0.15, 0.2) is 16.7 Å². The number of nitrogens with zero attached hydrogens (tertiary/aromatic N) is 1. The van der Waals surface area contributed by atoms with E-state index < -0.39 is 0 Å². The van der Waals surface area contributed by atoms with Crippen LogP contribution in [0.2, 0.25) is 0 Å². The first-order valence-electron chi connectivity index (χ1n) is 4.81. The fourth-order valence-electron chi connectivity index (χ4n) is 2.09. The maximum Gasteiger partial charge on any atom is 0 e. The van der Waals surface area contributed by atoms with Crippen molar-refractivity contribution in [3.8, 4) is 0 Å². The molecule has 1 aliphatic carbocycles. The van der Waals surface area contributed by atoms with Crippen LogP contribution in [-0.2, 0) is 21.7 Å². The van der Waals surface area contributed by atoms with Crippen LogP contribution in [0, 0.1) is 11.5 Å². The van der Waals surface area contributed by atoms with E-state index in [1.165, 1.54) is 16.7 Å². The van der Waals surface area contributed by atoms with Gasteiger partial charge in [0, 0.05) is 21.7 Å². The molecule has 14 heavy (non-hydrogen) atoms. The number of hydrogen-bond donors (Lipinski definition) is 0. The van der Waals surface area contributed by atoms with Gasteiger partial charge in [0.05, 0.1) is 0 Å². The van der Waals surface area contributed by atoms with Crippen molar-refractivity contribution in [2.45, 2.75) is 27.7 Å². The Morgan fingerprint density at radius 3 is 2.00 bits per heavy atom. The molecule has 0 bridgehead atoms. The second-order valence-electron chi connectivity index (χ2n) is 4.57. The molecule has 0 heterocycles. The van der Waals surface area contributed by atoms with Crippen LogP contribution in [0.4, 0.5) is 0 Å². The second kappa shape index (κ2) is 4.78. The Labute approximate surface area is 103 Å². The minimum Gasteiger partial charge on any atom is -0.310 e. The average molecular weight is 226 g/mol. The van der Waals surface area contributed by atoms with Crippen molar-refractivity contribution in [3.05, 3.63) is 22.8 Å². The molecule has 78 valence electrons. The van der Waals surface area contributed by atoms with E-state index in [0.29, 0.717) is 0 Å². The first kappa shape index (κ1) is 14.2. The van der Waals surface area contributed by atoms with E-state index in [-0.39, 0.29) is 27.1 Å². The predicted octanol–water partition coefficient (Wildman–Crippen LogP) is 2.65. The molecule has 1 nitrogen and oxygen atoms in total. The summed E-state index contributed by atoms with van der Waals surface area (Å²) in [5.74, 6) is 0. The summed E-state index contributed by atoms with van der Waals surface area (Å²) < 4.78 is 0. The largest absolute Gasteiger partial charge is 0.310 e. The normalized spacial score (nSPS) is 26.6. The number of rotatable bonds is 2. The van der Waals surface area contributed by atoms with Gasteiger partial charge in [-0.05, 0) is 20.6 Å². The van der Waals surface area contributed by atoms with Crippen LogP contribution >= 0.6 is 0 Å². The second-order valence-corrected chi connectivity index (χ2v) is 4.57. The van der Waals surface area contributed by atoms with Gasteiger partial charge < -0.3 is 4.90 Å². The van der Waals surface area contributed by atoms with Gasteiger partial charge >= 0.3 is 0 Å². The van der Waals surface area contributed by atoms with Gasteiger partial charge in [0.2, 0.25) is 0 Å². The summed E-state index contributed by atoms with van der Waals surface area (Å²) in [4.78, 5) is 2.22. The third-order valence-electron chi connectivity index (χ3n) is 3.05. The molecule has 2 heteroatoms. The molecule has 0 aromatic rings. The Kier molecular flexibility index (Phi) is 4.84. The van der Waals surface area contributed by atoms with Crippen LogP contribution in [0.3, 0.4) is 0 Å². The predicted molar refractivity (Wildman–Crippen MR) is 57.5 cm³/mol. The Morgan fingerprint density at radius 1 is 1.21 bits per heavy atom. The maximum absolute atomic E-state index is 3.56. The molecule has 0 aromatic carbocycles. The summed E-state index contributed by atoms with van der Waals surface area (Å²) in [7, 11) is 4.23. The molecular weight excluding hydrogens is 206 g/mol. The SMILES string of the molecule is CC1=[C-]C(C)(CN(C)C)C(C)=C1C.[Ti]. The van der Waals surface area contributed by atoms with Crippen LogP contribution in [0.5, 0.6) is 0 Å². The van der Waals surface area contributed by atoms with Gasteiger partial charge in [0.25, 0.3) is 0 Å². The van der Waals surface area contributed by atoms with E-state index in [1.807, 2.05) is 0 Å². The van der Waals surface area contributed by atoms with Crippen molar-refractivity contribution < 1.29 is 21.7 Å². The van der Waals surface area contributed by atoms with E-state index in [9.17, 15) is 0 Å². The molecule has 0 aliphatic heterocycles. The molecule has 0 amide bonds. The molecule has 1 atom stereocenters. The quantitative estimate of drug-likeness (QED) is 0.516. The van der Waals surface area contributed by atoms with Gasteiger partial charge in [-0.25, -0.2) is 5.57 Å². The zero-order chi connectivity index (χ0) is 10.2. The summed E-state index contributed by atoms with van der Waals surface area (Å²) in [5.41, 5.74) is 4.35. The van der Waals surface area contributed by atoms with Crippen molar-refractivity contribution in [1.82, 2.24) is 4.90 Å². The van der Waals surface area contributed by atoms with Gasteiger partial charge in [-0.1, -0.05) is 26.2 Å². The van der Waals surface area contributed by atoms with Crippen LogP contribution in [0.25, 0.3) is 0 Å². The third-order valence-corrected chi connectivity index (χ3v) is 3.05. The standard InChI is InChI=1S/C12H20N.Ti/c1-9-7-12(4,8-13(5)6)11(3)10(9)2;/h8H2,1-6H3;/q-1;. The van der Waals surface area contributed by atoms with Crippen molar-refractivity contribution in [3.63, 3.8) is 0 Å². The fourth-order valence-corrected chi connectivity index (χ4v) is 2.09. The molecule has 0 saturated carbocycles. The van der Waals surface area contributed by atoms with E-state index in [4.69, 9.17) is 0 Å². The molecule has 0 saturated heterocycles. The molecule has 0 radical (unpaired) electrons. The summed E-state index contributed by atoms with van der Waals surface area (Å²) in [6.07, 6.45) is 3.56. The molecule has 0 spiro atoms. The molecule has 0 fully saturated rings. The number of allylic oxidation sites excluding steroid dienone is 2. The van der Waals surface area contributed by atoms with E-state index in [1.54, 1.807) is 0 Å². The van der Waals surface area contributed by atoms with Crippen molar-refractivity contribution in [1.29, 1.82) is 0 Å². The van der Waals surface area contributed by atoms with Crippen molar-refractivity contribution in [2.24, 2.45) is 5.41 Å². The van der Waals surface area contributed by atoms with Gasteiger partial charge in [-0.15, -0.1) is 6.92 Å². The van der Waals surface area contributed by atoms with E-state index in [0.717, 1.165) is 6.54 Å². The Morgan fingerprint density at radius 2 is 1.71 bits per heavy atom. The summed E-state index contributed by atoms with van der Waals surface area (Å²) >= 11 is 0. The monoisotopic (exact) mass is 226 g/mol. The maximum atomic E-state index is 3.56. The first-order valence-corrected chi connectivity index (χ1v) is 4.81. The van der Waals surface area contributed by atoms with Gasteiger partial charge in [-0.3, -0.25) is 6.08 Å². The zero-order valence-corrected chi connectivity index (χ0v) is 11.7. The first-order chi connectivity index (χ1) is 5.87. The van der Waals surface area contributed by atoms with Gasteiger partial charge in [0.15, 0.2) is 0 Å². The summed E-state index contributed by atoms with van der Waals surface area (Å²) in [6, 6.07) is 0. The molecule has 1 aliphatic rings. The molecule has 0 N–H and O–H groups in total. The molecule has 1 unspecified atom stereocenters. The molecule has 0 aromatic heterocycles. The summed E-state index contributed by atoms with van der Waals surface area (Å²) in [5, 5.41) is 0. The van der Waals surface area contributed by atoms with Crippen molar-refractivity contribution in [2.75, 3.05) is 20.6 Å².